The molecule has 100 valence electrons. The number of hydrogen-bond acceptors (Lipinski definition) is 3. The van der Waals surface area contributed by atoms with Gasteiger partial charge in [-0.2, -0.15) is 0 Å². The third-order valence-corrected chi connectivity index (χ3v) is 2.92. The molecular formula is C15H23NO2. The Hall–Kier alpha value is -1.35. The highest BCUT2D eigenvalue weighted by Crippen LogP contribution is 2.06. The SMILES string of the molecule is CCOC(=O)CN(C)CCc1ccc(CC)cc1. The molecule has 0 bridgehead atoms. The molecule has 1 rings (SSSR count). The first-order valence-electron chi connectivity index (χ1n) is 6.57. The molecule has 0 heterocycles. The van der Waals surface area contributed by atoms with Gasteiger partial charge in [-0.25, -0.2) is 0 Å². The molecule has 0 amide bonds. The lowest BCUT2D eigenvalue weighted by molar-refractivity contribution is -0.144. The lowest BCUT2D eigenvalue weighted by atomic mass is 10.1. The summed E-state index contributed by atoms with van der Waals surface area (Å²) in [7, 11) is 1.94. The van der Waals surface area contributed by atoms with Gasteiger partial charge in [-0.05, 0) is 37.9 Å². The van der Waals surface area contributed by atoms with Crippen molar-refractivity contribution in [2.24, 2.45) is 0 Å². The molecule has 0 saturated carbocycles. The van der Waals surface area contributed by atoms with Crippen LogP contribution >= 0.6 is 0 Å². The van der Waals surface area contributed by atoms with E-state index in [1.54, 1.807) is 0 Å². The van der Waals surface area contributed by atoms with Crippen molar-refractivity contribution in [1.29, 1.82) is 0 Å². The van der Waals surface area contributed by atoms with Gasteiger partial charge in [0.1, 0.15) is 0 Å². The standard InChI is InChI=1S/C15H23NO2/c1-4-13-6-8-14(9-7-13)10-11-16(3)12-15(17)18-5-2/h6-9H,4-5,10-12H2,1-3H3. The van der Waals surface area contributed by atoms with Crippen LogP contribution in [0.5, 0.6) is 0 Å². The van der Waals surface area contributed by atoms with E-state index in [-0.39, 0.29) is 5.97 Å². The Labute approximate surface area is 110 Å². The zero-order chi connectivity index (χ0) is 13.4. The zero-order valence-corrected chi connectivity index (χ0v) is 11.6. The number of esters is 1. The molecule has 0 spiro atoms. The Morgan fingerprint density at radius 2 is 1.78 bits per heavy atom. The Kier molecular flexibility index (Phi) is 6.44. The molecule has 3 nitrogen and oxygen atoms in total. The van der Waals surface area contributed by atoms with E-state index in [0.717, 1.165) is 19.4 Å². The fourth-order valence-electron chi connectivity index (χ4n) is 1.77. The van der Waals surface area contributed by atoms with Crippen LogP contribution in [-0.2, 0) is 22.4 Å². The van der Waals surface area contributed by atoms with E-state index in [4.69, 9.17) is 4.74 Å². The fourth-order valence-corrected chi connectivity index (χ4v) is 1.77. The van der Waals surface area contributed by atoms with E-state index in [9.17, 15) is 4.79 Å². The van der Waals surface area contributed by atoms with E-state index in [1.165, 1.54) is 11.1 Å². The van der Waals surface area contributed by atoms with Crippen molar-refractivity contribution in [3.05, 3.63) is 35.4 Å². The lowest BCUT2D eigenvalue weighted by Gasteiger charge is -2.15. The van der Waals surface area contributed by atoms with Crippen molar-refractivity contribution < 1.29 is 9.53 Å². The van der Waals surface area contributed by atoms with Crippen LogP contribution in [0, 0.1) is 0 Å². The summed E-state index contributed by atoms with van der Waals surface area (Å²) in [6.07, 6.45) is 2.03. The van der Waals surface area contributed by atoms with E-state index in [1.807, 2.05) is 18.9 Å². The molecule has 0 saturated heterocycles. The molecule has 0 atom stereocenters. The van der Waals surface area contributed by atoms with Crippen molar-refractivity contribution in [2.45, 2.75) is 26.7 Å². The van der Waals surface area contributed by atoms with E-state index >= 15 is 0 Å². The maximum Gasteiger partial charge on any atom is 0.320 e. The van der Waals surface area contributed by atoms with E-state index < -0.39 is 0 Å². The van der Waals surface area contributed by atoms with Crippen LogP contribution in [0.3, 0.4) is 0 Å². The van der Waals surface area contributed by atoms with Crippen molar-refractivity contribution >= 4 is 5.97 Å². The molecule has 0 aliphatic rings. The van der Waals surface area contributed by atoms with Crippen molar-refractivity contribution in [3.63, 3.8) is 0 Å². The normalized spacial score (nSPS) is 10.7. The largest absolute Gasteiger partial charge is 0.465 e. The average Bonchev–Trinajstić information content (AvgIpc) is 2.37. The van der Waals surface area contributed by atoms with Gasteiger partial charge in [0.2, 0.25) is 0 Å². The number of carbonyl (C=O) groups is 1. The minimum Gasteiger partial charge on any atom is -0.465 e. The first-order chi connectivity index (χ1) is 8.65. The van der Waals surface area contributed by atoms with Gasteiger partial charge in [-0.1, -0.05) is 31.2 Å². The second kappa shape index (κ2) is 7.88. The van der Waals surface area contributed by atoms with Crippen LogP contribution in [-0.4, -0.2) is 37.6 Å². The average molecular weight is 249 g/mol. The zero-order valence-electron chi connectivity index (χ0n) is 11.6. The molecule has 0 fully saturated rings. The summed E-state index contributed by atoms with van der Waals surface area (Å²) >= 11 is 0. The Balaban J connectivity index is 2.32. The van der Waals surface area contributed by atoms with Gasteiger partial charge < -0.3 is 4.74 Å². The van der Waals surface area contributed by atoms with Crippen molar-refractivity contribution in [1.82, 2.24) is 4.90 Å². The van der Waals surface area contributed by atoms with Crippen molar-refractivity contribution in [2.75, 3.05) is 26.7 Å². The number of hydrogen-bond donors (Lipinski definition) is 0. The quantitative estimate of drug-likeness (QED) is 0.694. The van der Waals surface area contributed by atoms with Gasteiger partial charge in [0.25, 0.3) is 0 Å². The van der Waals surface area contributed by atoms with Gasteiger partial charge in [0.15, 0.2) is 0 Å². The predicted molar refractivity (Wildman–Crippen MR) is 73.7 cm³/mol. The molecule has 0 aromatic heterocycles. The van der Waals surface area contributed by atoms with Crippen molar-refractivity contribution in [3.8, 4) is 0 Å². The minimum absolute atomic E-state index is 0.152. The fraction of sp³-hybridized carbons (Fsp3) is 0.533. The second-order valence-electron chi connectivity index (χ2n) is 4.46. The molecule has 1 aromatic rings. The molecule has 0 radical (unpaired) electrons. The number of nitrogens with zero attached hydrogens (tertiary/aromatic N) is 1. The lowest BCUT2D eigenvalue weighted by Crippen LogP contribution is -2.29. The highest BCUT2D eigenvalue weighted by molar-refractivity contribution is 5.71. The van der Waals surface area contributed by atoms with Crippen LogP contribution in [0.25, 0.3) is 0 Å². The Morgan fingerprint density at radius 1 is 1.17 bits per heavy atom. The summed E-state index contributed by atoms with van der Waals surface area (Å²) in [4.78, 5) is 13.3. The molecule has 0 aliphatic heterocycles. The number of benzene rings is 1. The number of rotatable bonds is 7. The Morgan fingerprint density at radius 3 is 2.33 bits per heavy atom. The smallest absolute Gasteiger partial charge is 0.320 e. The second-order valence-corrected chi connectivity index (χ2v) is 4.46. The third-order valence-electron chi connectivity index (χ3n) is 2.92. The summed E-state index contributed by atoms with van der Waals surface area (Å²) in [6, 6.07) is 8.66. The van der Waals surface area contributed by atoms with Crippen LogP contribution in [0.1, 0.15) is 25.0 Å². The predicted octanol–water partition coefficient (Wildman–Crippen LogP) is 2.29. The van der Waals surface area contributed by atoms with Crippen LogP contribution in [0.4, 0.5) is 0 Å². The van der Waals surface area contributed by atoms with Gasteiger partial charge in [0.05, 0.1) is 13.2 Å². The maximum atomic E-state index is 11.3. The summed E-state index contributed by atoms with van der Waals surface area (Å²) < 4.78 is 4.91. The first-order valence-corrected chi connectivity index (χ1v) is 6.57. The summed E-state index contributed by atoms with van der Waals surface area (Å²) in [5, 5.41) is 0. The van der Waals surface area contributed by atoms with Crippen LogP contribution < -0.4 is 0 Å². The van der Waals surface area contributed by atoms with Gasteiger partial charge in [-0.3, -0.25) is 9.69 Å². The molecule has 3 heteroatoms. The molecule has 0 N–H and O–H groups in total. The highest BCUT2D eigenvalue weighted by Gasteiger charge is 2.06. The van der Waals surface area contributed by atoms with Gasteiger partial charge in [-0.15, -0.1) is 0 Å². The van der Waals surface area contributed by atoms with Crippen LogP contribution in [0.2, 0.25) is 0 Å². The molecule has 0 unspecified atom stereocenters. The number of ether oxygens (including phenoxy) is 1. The molecule has 0 aliphatic carbocycles. The Bertz CT molecular complexity index is 359. The van der Waals surface area contributed by atoms with Crippen LogP contribution in [0.15, 0.2) is 24.3 Å². The summed E-state index contributed by atoms with van der Waals surface area (Å²) in [5.41, 5.74) is 2.67. The van der Waals surface area contributed by atoms with E-state index in [0.29, 0.717) is 13.2 Å². The maximum absolute atomic E-state index is 11.3. The summed E-state index contributed by atoms with van der Waals surface area (Å²) in [6.45, 7) is 5.66. The topological polar surface area (TPSA) is 29.5 Å². The van der Waals surface area contributed by atoms with E-state index in [2.05, 4.69) is 31.2 Å². The molecule has 1 aromatic carbocycles. The highest BCUT2D eigenvalue weighted by atomic mass is 16.5. The van der Waals surface area contributed by atoms with Gasteiger partial charge in [0, 0.05) is 6.54 Å². The first kappa shape index (κ1) is 14.7. The third kappa shape index (κ3) is 5.32. The minimum atomic E-state index is -0.152. The number of aryl methyl sites for hydroxylation is 1. The summed E-state index contributed by atoms with van der Waals surface area (Å²) in [5.74, 6) is -0.152. The number of carbonyl (C=O) groups excluding carboxylic acids is 1. The number of likely N-dealkylation sites (N-methyl/N-ethyl adjacent to an activating group) is 1. The molecule has 18 heavy (non-hydrogen) atoms. The monoisotopic (exact) mass is 249 g/mol. The van der Waals surface area contributed by atoms with Gasteiger partial charge >= 0.3 is 5.97 Å². The molecular weight excluding hydrogens is 226 g/mol.